The summed E-state index contributed by atoms with van der Waals surface area (Å²) in [6, 6.07) is 0. The summed E-state index contributed by atoms with van der Waals surface area (Å²) in [6.45, 7) is 27.1. The van der Waals surface area contributed by atoms with Gasteiger partial charge in [0.1, 0.15) is 0 Å². The first-order chi connectivity index (χ1) is 16.5. The van der Waals surface area contributed by atoms with E-state index in [0.29, 0.717) is 27.6 Å². The van der Waals surface area contributed by atoms with Crippen molar-refractivity contribution in [3.05, 3.63) is 17.6 Å². The third-order valence-electron chi connectivity index (χ3n) is 12.4. The van der Waals surface area contributed by atoms with E-state index >= 15 is 0 Å². The van der Waals surface area contributed by atoms with Crippen LogP contribution in [0.1, 0.15) is 141 Å². The van der Waals surface area contributed by atoms with Gasteiger partial charge in [0.15, 0.2) is 0 Å². The Morgan fingerprint density at radius 2 is 1.39 bits per heavy atom. The molecule has 1 spiro atoms. The van der Waals surface area contributed by atoms with Gasteiger partial charge in [-0.1, -0.05) is 114 Å². The van der Waals surface area contributed by atoms with Crippen LogP contribution in [0, 0.1) is 87.8 Å². The Balaban J connectivity index is 0.000000610. The molecule has 0 aliphatic heterocycles. The molecule has 208 valence electrons. The van der Waals surface area contributed by atoms with Crippen LogP contribution >= 0.6 is 0 Å². The number of fused-ring (bicyclic) bond motifs is 4. The summed E-state index contributed by atoms with van der Waals surface area (Å²) in [5.74, 6) is 5.09. The van der Waals surface area contributed by atoms with E-state index in [1.165, 1.54) is 51.4 Å². The number of allylic oxidation sites excluding steroid dienone is 2. The molecule has 0 saturated heterocycles. The first-order valence-corrected chi connectivity index (χ1v) is 15.7. The Bertz CT molecular complexity index is 782. The molecule has 36 heavy (non-hydrogen) atoms. The van der Waals surface area contributed by atoms with Crippen molar-refractivity contribution in [3.8, 4) is 0 Å². The van der Waals surface area contributed by atoms with Crippen LogP contribution < -0.4 is 0 Å². The molecule has 4 unspecified atom stereocenters. The summed E-state index contributed by atoms with van der Waals surface area (Å²) in [4.78, 5) is 0. The summed E-state index contributed by atoms with van der Waals surface area (Å²) in [5, 5.41) is 10.9. The molecule has 0 aromatic rings. The molecule has 0 radical (unpaired) electrons. The van der Waals surface area contributed by atoms with Crippen LogP contribution in [-0.2, 0) is 0 Å². The van der Waals surface area contributed by atoms with Gasteiger partial charge in [0, 0.05) is 31.1 Å². The molecular weight excluding hydrogens is 662 g/mol. The van der Waals surface area contributed by atoms with Crippen LogP contribution in [-0.4, -0.2) is 11.2 Å². The van der Waals surface area contributed by atoms with Crippen LogP contribution in [0.15, 0.2) is 11.6 Å². The molecule has 1 N–H and O–H groups in total. The van der Waals surface area contributed by atoms with Crippen LogP contribution in [0.5, 0.6) is 0 Å². The average molecular weight is 724 g/mol. The number of rotatable bonds is 0. The van der Waals surface area contributed by atoms with Gasteiger partial charge in [0.25, 0.3) is 0 Å². The monoisotopic (exact) mass is 724 g/mol. The van der Waals surface area contributed by atoms with E-state index in [-0.39, 0.29) is 42.6 Å². The second kappa shape index (κ2) is 11.3. The Hall–Kier alpha value is 0.752. The van der Waals surface area contributed by atoms with E-state index < -0.39 is 0 Å². The molecule has 6 aliphatic carbocycles. The molecule has 2 heteroatoms. The van der Waals surface area contributed by atoms with Gasteiger partial charge >= 0.3 is 0 Å². The molecule has 0 aromatic carbocycles. The molecule has 6 rings (SSSR count). The maximum atomic E-state index is 10.9. The largest absolute Gasteiger partial charge is 0.393 e. The second-order valence-corrected chi connectivity index (χ2v) is 14.0. The topological polar surface area (TPSA) is 20.2 Å². The van der Waals surface area contributed by atoms with E-state index in [0.717, 1.165) is 24.2 Å². The Labute approximate surface area is 250 Å². The molecule has 5 fully saturated rings. The van der Waals surface area contributed by atoms with Gasteiger partial charge in [-0.05, 0) is 70.5 Å². The second-order valence-electron chi connectivity index (χ2n) is 14.0. The predicted molar refractivity (Wildman–Crippen MR) is 153 cm³/mol. The van der Waals surface area contributed by atoms with Crippen molar-refractivity contribution in [1.29, 1.82) is 0 Å². The summed E-state index contributed by atoms with van der Waals surface area (Å²) in [5.41, 5.74) is 3.95. The van der Waals surface area contributed by atoms with Crippen LogP contribution in [0.4, 0.5) is 0 Å². The zero-order valence-corrected chi connectivity index (χ0v) is 30.4. The molecule has 1 nitrogen and oxygen atoms in total. The molecule has 6 aliphatic rings. The fourth-order valence-electron chi connectivity index (χ4n) is 10.8. The standard InChI is InChI=1S/C28H43O.3C2H6.U/c1-24(2)12-9-17-10-14-28-19(18(17)16-24)7-8-20-26(5)13-11-23(29)25(3,4)21(26)15-22(28)27(20,28)6;3*1-2;/h7,18,20-23,29H,8-16H2,1-6H3;3*1-2H3;/q-1;;;;/t18?,20?,21?,22?,23-,26+,27-,28+;;;;/m0..../s1. The Morgan fingerprint density at radius 3 is 2.00 bits per heavy atom. The number of aliphatic hydroxyl groups excluding tert-OH is 1. The smallest absolute Gasteiger partial charge is 0.0594 e. The summed E-state index contributed by atoms with van der Waals surface area (Å²) < 4.78 is 0. The number of hydrogen-bond acceptors (Lipinski definition) is 1. The Morgan fingerprint density at radius 1 is 0.806 bits per heavy atom. The molecule has 0 heterocycles. The minimum absolute atomic E-state index is 0. The minimum atomic E-state index is -0.112. The molecular formula is C34H61OU-. The van der Waals surface area contributed by atoms with Gasteiger partial charge in [-0.3, -0.25) is 0 Å². The van der Waals surface area contributed by atoms with Gasteiger partial charge in [-0.2, -0.15) is 12.8 Å². The Kier molecular flexibility index (Phi) is 10.4. The van der Waals surface area contributed by atoms with E-state index in [1.54, 1.807) is 0 Å². The SMILES string of the molecule is CC.CC.CC.CC1(C)CC[C-]2CC[C@@]34C(=CCC5[C@@]6(C)CC[C@H](O)C(C)(C)C6CC3[C@]54C)C2C1.[U]. The molecule has 8 atom stereocenters. The summed E-state index contributed by atoms with van der Waals surface area (Å²) >= 11 is 0. The van der Waals surface area contributed by atoms with Crippen molar-refractivity contribution in [2.24, 2.45) is 50.7 Å². The third-order valence-corrected chi connectivity index (χ3v) is 12.4. The maximum absolute atomic E-state index is 10.9. The van der Waals surface area contributed by atoms with Gasteiger partial charge < -0.3 is 11.0 Å². The average Bonchev–Trinajstić information content (AvgIpc) is 3.38. The molecule has 5 saturated carbocycles. The third kappa shape index (κ3) is 4.32. The first-order valence-electron chi connectivity index (χ1n) is 15.7. The molecule has 0 amide bonds. The van der Waals surface area contributed by atoms with Crippen LogP contribution in [0.3, 0.4) is 0 Å². The van der Waals surface area contributed by atoms with E-state index in [2.05, 4.69) is 47.6 Å². The first kappa shape index (κ1) is 33.0. The fraction of sp³-hybridized carbons (Fsp3) is 0.912. The van der Waals surface area contributed by atoms with Crippen molar-refractivity contribution in [1.82, 2.24) is 0 Å². The minimum Gasteiger partial charge on any atom is -0.393 e. The normalized spacial score (nSPS) is 46.4. The number of aliphatic hydroxyl groups is 1. The fourth-order valence-corrected chi connectivity index (χ4v) is 10.8. The van der Waals surface area contributed by atoms with Crippen molar-refractivity contribution in [2.45, 2.75) is 147 Å². The van der Waals surface area contributed by atoms with Crippen LogP contribution in [0.2, 0.25) is 0 Å². The van der Waals surface area contributed by atoms with Crippen molar-refractivity contribution in [3.63, 3.8) is 0 Å². The predicted octanol–water partition coefficient (Wildman–Crippen LogP) is 10.0. The zero-order valence-electron chi connectivity index (χ0n) is 26.3. The van der Waals surface area contributed by atoms with Gasteiger partial charge in [-0.25, -0.2) is 0 Å². The van der Waals surface area contributed by atoms with E-state index in [1.807, 2.05) is 53.0 Å². The van der Waals surface area contributed by atoms with Crippen LogP contribution in [0.25, 0.3) is 0 Å². The maximum Gasteiger partial charge on any atom is 0.0594 e. The zero-order chi connectivity index (χ0) is 26.6. The summed E-state index contributed by atoms with van der Waals surface area (Å²) in [7, 11) is 0. The summed E-state index contributed by atoms with van der Waals surface area (Å²) in [6.07, 6.45) is 14.6. The van der Waals surface area contributed by atoms with E-state index in [4.69, 9.17) is 0 Å². The molecule has 0 aromatic heterocycles. The van der Waals surface area contributed by atoms with Gasteiger partial charge in [-0.15, -0.1) is 5.92 Å². The van der Waals surface area contributed by atoms with Gasteiger partial charge in [0.05, 0.1) is 6.10 Å². The van der Waals surface area contributed by atoms with Crippen molar-refractivity contribution in [2.75, 3.05) is 0 Å². The van der Waals surface area contributed by atoms with Gasteiger partial charge in [0.2, 0.25) is 0 Å². The quantitative estimate of drug-likeness (QED) is 0.195. The van der Waals surface area contributed by atoms with Crippen molar-refractivity contribution >= 4 is 0 Å². The molecule has 0 bridgehead atoms. The van der Waals surface area contributed by atoms with Crippen molar-refractivity contribution < 1.29 is 36.2 Å². The van der Waals surface area contributed by atoms with E-state index in [9.17, 15) is 5.11 Å². The number of hydrogen-bond donors (Lipinski definition) is 1.